The minimum absolute atomic E-state index is 0.0130. The zero-order valence-corrected chi connectivity index (χ0v) is 21.2. The zero-order valence-electron chi connectivity index (χ0n) is 20.4. The Hall–Kier alpha value is -1.78. The fraction of sp³-hybridized carbons (Fsp3) is 0.783. The van der Waals surface area contributed by atoms with Crippen LogP contribution >= 0.6 is 0 Å². The quantitative estimate of drug-likeness (QED) is 0.339. The van der Waals surface area contributed by atoms with Crippen molar-refractivity contribution in [3.05, 3.63) is 12.2 Å². The predicted molar refractivity (Wildman–Crippen MR) is 119 cm³/mol. The molecule has 9 nitrogen and oxygen atoms in total. The monoisotopic (exact) mass is 485 g/mol. The molecule has 4 aliphatic rings. The second-order valence-corrected chi connectivity index (χ2v) is 12.1. The number of hydrogen-bond acceptors (Lipinski definition) is 8. The van der Waals surface area contributed by atoms with Crippen LogP contribution < -0.4 is 0 Å². The van der Waals surface area contributed by atoms with Gasteiger partial charge >= 0.3 is 5.97 Å². The third-order valence-corrected chi connectivity index (χ3v) is 9.22. The first-order chi connectivity index (χ1) is 15.1. The first-order valence-electron chi connectivity index (χ1n) is 11.2. The van der Waals surface area contributed by atoms with Crippen LogP contribution in [0.1, 0.15) is 53.4 Å². The van der Waals surface area contributed by atoms with E-state index in [1.165, 1.54) is 33.5 Å². The SMILES string of the molecule is COC(=O)C1(C)C(C)C2(C)CCC1(C)C2.COC1C=CCC2C(=O)N(OS(C)(=O)=O)C(=O)C12. The van der Waals surface area contributed by atoms with Crippen molar-refractivity contribution in [3.63, 3.8) is 0 Å². The molecule has 2 saturated carbocycles. The molecule has 0 radical (unpaired) electrons. The summed E-state index contributed by atoms with van der Waals surface area (Å²) < 4.78 is 36.6. The summed E-state index contributed by atoms with van der Waals surface area (Å²) in [5.41, 5.74) is 0.209. The highest BCUT2D eigenvalue weighted by molar-refractivity contribution is 7.85. The van der Waals surface area contributed by atoms with Gasteiger partial charge in [-0.15, -0.1) is 9.35 Å². The lowest BCUT2D eigenvalue weighted by Crippen LogP contribution is -2.47. The molecule has 1 saturated heterocycles. The summed E-state index contributed by atoms with van der Waals surface area (Å²) in [5, 5.41) is 0.337. The maximum atomic E-state index is 12.1. The van der Waals surface area contributed by atoms with Gasteiger partial charge in [-0.1, -0.05) is 32.9 Å². The van der Waals surface area contributed by atoms with Crippen molar-refractivity contribution >= 4 is 27.9 Å². The number of fused-ring (bicyclic) bond motifs is 3. The number of amides is 2. The van der Waals surface area contributed by atoms with E-state index in [1.54, 1.807) is 12.2 Å². The molecule has 33 heavy (non-hydrogen) atoms. The van der Waals surface area contributed by atoms with Crippen molar-refractivity contribution in [3.8, 4) is 0 Å². The highest BCUT2D eigenvalue weighted by Crippen LogP contribution is 2.72. The van der Waals surface area contributed by atoms with Gasteiger partial charge in [0.1, 0.15) is 0 Å². The second-order valence-electron chi connectivity index (χ2n) is 10.6. The maximum absolute atomic E-state index is 12.1. The number of allylic oxidation sites excluding steroid dienone is 1. The van der Waals surface area contributed by atoms with Crippen LogP contribution in [0, 0.1) is 34.0 Å². The molecule has 2 bridgehead atoms. The predicted octanol–water partition coefficient (Wildman–Crippen LogP) is 2.47. The van der Waals surface area contributed by atoms with Gasteiger partial charge in [-0.3, -0.25) is 14.4 Å². The molecule has 0 spiro atoms. The zero-order chi connectivity index (χ0) is 25.0. The van der Waals surface area contributed by atoms with Gasteiger partial charge in [-0.05, 0) is 49.4 Å². The van der Waals surface area contributed by atoms with E-state index >= 15 is 0 Å². The molecule has 1 aliphatic heterocycles. The normalized spacial score (nSPS) is 41.6. The van der Waals surface area contributed by atoms with E-state index in [2.05, 4.69) is 32.0 Å². The number of methoxy groups -OCH3 is 2. The first kappa shape index (κ1) is 25.8. The second kappa shape index (κ2) is 8.46. The van der Waals surface area contributed by atoms with Crippen LogP contribution in [0.4, 0.5) is 0 Å². The van der Waals surface area contributed by atoms with E-state index in [0.717, 1.165) is 6.26 Å². The molecule has 7 unspecified atom stereocenters. The molecule has 0 aromatic rings. The van der Waals surface area contributed by atoms with Crippen LogP contribution in [0.25, 0.3) is 0 Å². The summed E-state index contributed by atoms with van der Waals surface area (Å²) in [6, 6.07) is 0. The molecule has 0 N–H and O–H groups in total. The van der Waals surface area contributed by atoms with Gasteiger partial charge in [-0.25, -0.2) is 0 Å². The molecule has 3 fully saturated rings. The Balaban J connectivity index is 0.000000189. The van der Waals surface area contributed by atoms with Gasteiger partial charge in [0.15, 0.2) is 0 Å². The number of ether oxygens (including phenoxy) is 2. The van der Waals surface area contributed by atoms with Crippen LogP contribution in [0.2, 0.25) is 0 Å². The number of hydrogen-bond donors (Lipinski definition) is 0. The van der Waals surface area contributed by atoms with Crippen LogP contribution in [-0.2, 0) is 38.3 Å². The van der Waals surface area contributed by atoms with E-state index in [-0.39, 0.29) is 16.8 Å². The highest BCUT2D eigenvalue weighted by Gasteiger charge is 2.69. The number of imide groups is 1. The van der Waals surface area contributed by atoms with E-state index < -0.39 is 39.9 Å². The van der Waals surface area contributed by atoms with E-state index in [9.17, 15) is 22.8 Å². The lowest BCUT2D eigenvalue weighted by molar-refractivity contribution is -0.166. The fourth-order valence-electron chi connectivity index (χ4n) is 6.55. The van der Waals surface area contributed by atoms with Crippen LogP contribution in [-0.4, -0.2) is 57.8 Å². The summed E-state index contributed by atoms with van der Waals surface area (Å²) in [6.07, 6.45) is 7.65. The lowest BCUT2D eigenvalue weighted by Gasteiger charge is -2.45. The Morgan fingerprint density at radius 1 is 1.12 bits per heavy atom. The average Bonchev–Trinajstić information content (AvgIpc) is 3.26. The van der Waals surface area contributed by atoms with Crippen molar-refractivity contribution in [1.82, 2.24) is 5.06 Å². The van der Waals surface area contributed by atoms with Crippen molar-refractivity contribution < 1.29 is 36.6 Å². The molecule has 3 aliphatic carbocycles. The van der Waals surface area contributed by atoms with E-state index in [0.29, 0.717) is 22.8 Å². The number of nitrogens with zero attached hydrogens (tertiary/aromatic N) is 1. The summed E-state index contributed by atoms with van der Waals surface area (Å²) >= 11 is 0. The molecule has 0 aromatic carbocycles. The van der Waals surface area contributed by atoms with Gasteiger partial charge < -0.3 is 9.47 Å². The number of carbonyl (C=O) groups is 3. The molecule has 4 rings (SSSR count). The van der Waals surface area contributed by atoms with Gasteiger partial charge in [0.05, 0.1) is 36.7 Å². The molecule has 186 valence electrons. The minimum atomic E-state index is -3.92. The molecule has 0 aromatic heterocycles. The Morgan fingerprint density at radius 3 is 2.24 bits per heavy atom. The molecule has 7 atom stereocenters. The van der Waals surface area contributed by atoms with Gasteiger partial charge in [0, 0.05) is 7.11 Å². The number of rotatable bonds is 4. The van der Waals surface area contributed by atoms with Crippen LogP contribution in [0.15, 0.2) is 12.2 Å². The van der Waals surface area contributed by atoms with Gasteiger partial charge in [-0.2, -0.15) is 8.42 Å². The number of carbonyl (C=O) groups excluding carboxylic acids is 3. The maximum Gasteiger partial charge on any atom is 0.312 e. The highest BCUT2D eigenvalue weighted by atomic mass is 32.2. The van der Waals surface area contributed by atoms with Crippen molar-refractivity contribution in [1.29, 1.82) is 0 Å². The molecular formula is C23H35NO8S. The fourth-order valence-corrected chi connectivity index (χ4v) is 6.97. The van der Waals surface area contributed by atoms with Crippen molar-refractivity contribution in [2.75, 3.05) is 20.5 Å². The van der Waals surface area contributed by atoms with E-state index in [1.807, 2.05) is 0 Å². The Morgan fingerprint density at radius 2 is 1.76 bits per heavy atom. The lowest BCUT2D eigenvalue weighted by atomic mass is 9.58. The van der Waals surface area contributed by atoms with E-state index in [4.69, 9.17) is 9.47 Å². The van der Waals surface area contributed by atoms with Crippen LogP contribution in [0.3, 0.4) is 0 Å². The number of hydroxylamine groups is 2. The molecule has 10 heteroatoms. The van der Waals surface area contributed by atoms with Crippen molar-refractivity contribution in [2.24, 2.45) is 34.0 Å². The first-order valence-corrected chi connectivity index (χ1v) is 13.0. The topological polar surface area (TPSA) is 116 Å². The third kappa shape index (κ3) is 4.04. The minimum Gasteiger partial charge on any atom is -0.469 e. The van der Waals surface area contributed by atoms with Crippen molar-refractivity contribution in [2.45, 2.75) is 59.5 Å². The smallest absolute Gasteiger partial charge is 0.312 e. The average molecular weight is 486 g/mol. The summed E-state index contributed by atoms with van der Waals surface area (Å²) in [6.45, 7) is 8.92. The third-order valence-electron chi connectivity index (χ3n) is 8.80. The standard InChI is InChI=1S/C13H22O2.C10H13NO6S/c1-9-11(2)6-7-12(3,8-11)13(9,4)10(14)15-5;1-16-7-5-3-4-6-8(7)10(13)11(9(6)12)17-18(2,14)15/h9H,6-8H2,1-5H3;3,5-8H,4H2,1-2H3. The largest absolute Gasteiger partial charge is 0.469 e. The summed E-state index contributed by atoms with van der Waals surface area (Å²) in [7, 11) is -0.980. The van der Waals surface area contributed by atoms with Gasteiger partial charge in [0.25, 0.3) is 21.9 Å². The molecular weight excluding hydrogens is 450 g/mol. The van der Waals surface area contributed by atoms with Gasteiger partial charge in [0.2, 0.25) is 0 Å². The Bertz CT molecular complexity index is 977. The summed E-state index contributed by atoms with van der Waals surface area (Å²) in [5.74, 6) is -2.23. The molecule has 2 amide bonds. The Kier molecular flexibility index (Phi) is 6.62. The molecule has 1 heterocycles. The Labute approximate surface area is 195 Å². The van der Waals surface area contributed by atoms with Crippen LogP contribution in [0.5, 0.6) is 0 Å². The summed E-state index contributed by atoms with van der Waals surface area (Å²) in [4.78, 5) is 36.0. The number of esters is 1.